The molecule has 1 aliphatic heterocycles. The lowest BCUT2D eigenvalue weighted by atomic mass is 9.98. The van der Waals surface area contributed by atoms with Gasteiger partial charge >= 0.3 is 5.69 Å². The fraction of sp³-hybridized carbons (Fsp3) is 0.571. The molecule has 116 valence electrons. The highest BCUT2D eigenvalue weighted by molar-refractivity contribution is 5.64. The Balaban J connectivity index is 2.29. The third-order valence-electron chi connectivity index (χ3n) is 3.79. The molecular formula is C14H19F2N3O2. The van der Waals surface area contributed by atoms with Gasteiger partial charge in [-0.05, 0) is 38.8 Å². The largest absolute Gasteiger partial charge is 0.366 e. The molecular weight excluding hydrogens is 280 g/mol. The summed E-state index contributed by atoms with van der Waals surface area (Å²) in [4.78, 5) is 12.0. The highest BCUT2D eigenvalue weighted by Gasteiger charge is 2.27. The van der Waals surface area contributed by atoms with Gasteiger partial charge in [0.2, 0.25) is 5.82 Å². The summed E-state index contributed by atoms with van der Waals surface area (Å²) in [6.07, 6.45) is 2.05. The Kier molecular flexibility index (Phi) is 5.06. The number of rotatable bonds is 5. The zero-order valence-electron chi connectivity index (χ0n) is 11.9. The fourth-order valence-electron chi connectivity index (χ4n) is 2.76. The lowest BCUT2D eigenvalue weighted by Gasteiger charge is -2.30. The van der Waals surface area contributed by atoms with Crippen LogP contribution in [-0.2, 0) is 0 Å². The molecule has 5 nitrogen and oxygen atoms in total. The first kappa shape index (κ1) is 15.6. The van der Waals surface area contributed by atoms with Crippen molar-refractivity contribution in [1.82, 2.24) is 5.32 Å². The maximum Gasteiger partial charge on any atom is 0.328 e. The van der Waals surface area contributed by atoms with E-state index in [1.165, 1.54) is 0 Å². The van der Waals surface area contributed by atoms with Crippen LogP contribution < -0.4 is 10.2 Å². The predicted octanol–water partition coefficient (Wildman–Crippen LogP) is 2.70. The topological polar surface area (TPSA) is 58.4 Å². The van der Waals surface area contributed by atoms with Crippen LogP contribution in [0.2, 0.25) is 0 Å². The van der Waals surface area contributed by atoms with Gasteiger partial charge < -0.3 is 10.2 Å². The number of nitrogens with zero attached hydrogens (tertiary/aromatic N) is 2. The van der Waals surface area contributed by atoms with Crippen molar-refractivity contribution in [1.29, 1.82) is 0 Å². The van der Waals surface area contributed by atoms with E-state index in [9.17, 15) is 18.9 Å². The van der Waals surface area contributed by atoms with Crippen LogP contribution in [0.3, 0.4) is 0 Å². The smallest absolute Gasteiger partial charge is 0.328 e. The van der Waals surface area contributed by atoms with Crippen molar-refractivity contribution in [2.45, 2.75) is 19.8 Å². The van der Waals surface area contributed by atoms with Gasteiger partial charge in [0, 0.05) is 25.2 Å². The normalized spacial score (nSPS) is 18.5. The second-order valence-corrected chi connectivity index (χ2v) is 5.26. The van der Waals surface area contributed by atoms with Crippen LogP contribution in [0.1, 0.15) is 19.8 Å². The van der Waals surface area contributed by atoms with E-state index < -0.39 is 22.2 Å². The molecule has 21 heavy (non-hydrogen) atoms. The van der Waals surface area contributed by atoms with Crippen molar-refractivity contribution >= 4 is 11.4 Å². The maximum atomic E-state index is 13.7. The first-order valence-electron chi connectivity index (χ1n) is 7.12. The van der Waals surface area contributed by atoms with Crippen molar-refractivity contribution in [2.24, 2.45) is 5.92 Å². The lowest BCUT2D eigenvalue weighted by molar-refractivity contribution is -0.386. The van der Waals surface area contributed by atoms with Gasteiger partial charge in [-0.15, -0.1) is 0 Å². The van der Waals surface area contributed by atoms with E-state index in [0.29, 0.717) is 25.1 Å². The Morgan fingerprint density at radius 1 is 1.48 bits per heavy atom. The molecule has 0 bridgehead atoms. The average molecular weight is 299 g/mol. The van der Waals surface area contributed by atoms with Crippen LogP contribution in [-0.4, -0.2) is 31.1 Å². The van der Waals surface area contributed by atoms with Crippen LogP contribution >= 0.6 is 0 Å². The van der Waals surface area contributed by atoms with E-state index in [0.717, 1.165) is 32.0 Å². The molecule has 0 radical (unpaired) electrons. The number of halogens is 2. The summed E-state index contributed by atoms with van der Waals surface area (Å²) >= 11 is 0. The summed E-state index contributed by atoms with van der Waals surface area (Å²) < 4.78 is 27.2. The zero-order valence-corrected chi connectivity index (χ0v) is 11.9. The quantitative estimate of drug-likeness (QED) is 0.671. The van der Waals surface area contributed by atoms with Gasteiger partial charge in [-0.1, -0.05) is 0 Å². The monoisotopic (exact) mass is 299 g/mol. The first-order chi connectivity index (χ1) is 10.0. The molecule has 2 rings (SSSR count). The maximum absolute atomic E-state index is 13.7. The Morgan fingerprint density at radius 2 is 2.24 bits per heavy atom. The SMILES string of the molecule is CCN(CC1CCCNC1)c1cc(F)cc(F)c1[N+](=O)[O-]. The van der Waals surface area contributed by atoms with Gasteiger partial charge in [-0.25, -0.2) is 4.39 Å². The summed E-state index contributed by atoms with van der Waals surface area (Å²) in [5, 5.41) is 14.3. The van der Waals surface area contributed by atoms with Gasteiger partial charge in [0.1, 0.15) is 11.5 Å². The van der Waals surface area contributed by atoms with Crippen LogP contribution in [0.5, 0.6) is 0 Å². The van der Waals surface area contributed by atoms with Crippen LogP contribution in [0, 0.1) is 27.7 Å². The van der Waals surface area contributed by atoms with E-state index in [-0.39, 0.29) is 5.69 Å². The number of hydrogen-bond acceptors (Lipinski definition) is 4. The number of nitro benzene ring substituents is 1. The van der Waals surface area contributed by atoms with Crippen molar-refractivity contribution in [3.8, 4) is 0 Å². The Hall–Kier alpha value is -1.76. The van der Waals surface area contributed by atoms with E-state index in [4.69, 9.17) is 0 Å². The Labute approximate surface area is 122 Å². The van der Waals surface area contributed by atoms with Gasteiger partial charge in [-0.2, -0.15) is 4.39 Å². The predicted molar refractivity (Wildman–Crippen MR) is 76.5 cm³/mol. The van der Waals surface area contributed by atoms with Crippen LogP contribution in [0.4, 0.5) is 20.2 Å². The number of benzene rings is 1. The van der Waals surface area contributed by atoms with E-state index in [1.54, 1.807) is 4.90 Å². The average Bonchev–Trinajstić information content (AvgIpc) is 2.44. The molecule has 1 saturated heterocycles. The van der Waals surface area contributed by atoms with Gasteiger partial charge in [0.05, 0.1) is 4.92 Å². The van der Waals surface area contributed by atoms with Gasteiger partial charge in [0.15, 0.2) is 0 Å². The molecule has 1 atom stereocenters. The molecule has 0 aliphatic carbocycles. The molecule has 1 N–H and O–H groups in total. The van der Waals surface area contributed by atoms with E-state index in [1.807, 2.05) is 6.92 Å². The minimum Gasteiger partial charge on any atom is -0.366 e. The molecule has 1 heterocycles. The van der Waals surface area contributed by atoms with Crippen molar-refractivity contribution in [2.75, 3.05) is 31.1 Å². The molecule has 1 aromatic carbocycles. The van der Waals surface area contributed by atoms with Crippen LogP contribution in [0.15, 0.2) is 12.1 Å². The minimum absolute atomic E-state index is 0.0190. The summed E-state index contributed by atoms with van der Waals surface area (Å²) in [6.45, 7) is 4.62. The summed E-state index contributed by atoms with van der Waals surface area (Å²) in [7, 11) is 0. The second kappa shape index (κ2) is 6.80. The Bertz CT molecular complexity index is 519. The summed E-state index contributed by atoms with van der Waals surface area (Å²) in [5.41, 5.74) is -0.632. The number of nitrogens with one attached hydrogen (secondary N) is 1. The standard InChI is InChI=1S/C14H19F2N3O2/c1-2-18(9-10-4-3-5-17-8-10)13-7-11(15)6-12(16)14(13)19(20)21/h6-7,10,17H,2-5,8-9H2,1H3. The van der Waals surface area contributed by atoms with Gasteiger partial charge in [-0.3, -0.25) is 10.1 Å². The molecule has 1 unspecified atom stereocenters. The second-order valence-electron chi connectivity index (χ2n) is 5.26. The molecule has 0 aromatic heterocycles. The number of piperidine rings is 1. The van der Waals surface area contributed by atoms with E-state index >= 15 is 0 Å². The highest BCUT2D eigenvalue weighted by Crippen LogP contribution is 2.32. The molecule has 0 amide bonds. The third kappa shape index (κ3) is 3.66. The summed E-state index contributed by atoms with van der Waals surface area (Å²) in [6, 6.07) is 1.60. The van der Waals surface area contributed by atoms with Crippen LogP contribution in [0.25, 0.3) is 0 Å². The van der Waals surface area contributed by atoms with Crippen molar-refractivity contribution in [3.63, 3.8) is 0 Å². The number of anilines is 1. The molecule has 7 heteroatoms. The molecule has 1 fully saturated rings. The highest BCUT2D eigenvalue weighted by atomic mass is 19.1. The number of nitro groups is 1. The third-order valence-corrected chi connectivity index (χ3v) is 3.79. The molecule has 0 spiro atoms. The first-order valence-corrected chi connectivity index (χ1v) is 7.12. The summed E-state index contributed by atoms with van der Waals surface area (Å²) in [5.74, 6) is -1.60. The minimum atomic E-state index is -1.13. The van der Waals surface area contributed by atoms with Crippen molar-refractivity contribution in [3.05, 3.63) is 33.9 Å². The zero-order chi connectivity index (χ0) is 15.4. The fourth-order valence-corrected chi connectivity index (χ4v) is 2.76. The molecule has 1 aromatic rings. The van der Waals surface area contributed by atoms with Gasteiger partial charge in [0.25, 0.3) is 0 Å². The lowest BCUT2D eigenvalue weighted by Crippen LogP contribution is -2.38. The molecule has 0 saturated carbocycles. The van der Waals surface area contributed by atoms with Crippen molar-refractivity contribution < 1.29 is 13.7 Å². The van der Waals surface area contributed by atoms with E-state index in [2.05, 4.69) is 5.32 Å². The Morgan fingerprint density at radius 3 is 2.81 bits per heavy atom. The number of hydrogen-bond donors (Lipinski definition) is 1. The molecule has 1 aliphatic rings.